The van der Waals surface area contributed by atoms with Crippen LogP contribution in [-0.2, 0) is 0 Å². The van der Waals surface area contributed by atoms with Gasteiger partial charge in [0.05, 0.1) is 0 Å². The predicted molar refractivity (Wildman–Crippen MR) is 59.9 cm³/mol. The Bertz CT molecular complexity index is 396. The van der Waals surface area contributed by atoms with Gasteiger partial charge in [-0.15, -0.1) is 0 Å². The minimum absolute atomic E-state index is 0.0161. The average Bonchev–Trinajstić information content (AvgIpc) is 2.17. The van der Waals surface area contributed by atoms with Crippen molar-refractivity contribution in [2.75, 3.05) is 6.54 Å². The molecule has 0 heterocycles. The topological polar surface area (TPSA) is 49.3 Å². The standard InChI is InChI=1S/C12H16FNO2/c1-12(2,3)7-14-11(16)8-4-5-9(13)10(15)6-8/h4-6,15H,7H2,1-3H3,(H,14,16). The molecular formula is C12H16FNO2. The molecule has 2 N–H and O–H groups in total. The van der Waals surface area contributed by atoms with Gasteiger partial charge in [0.2, 0.25) is 0 Å². The molecule has 0 atom stereocenters. The molecule has 1 rings (SSSR count). The molecule has 4 heteroatoms. The van der Waals surface area contributed by atoms with Crippen molar-refractivity contribution in [3.05, 3.63) is 29.6 Å². The minimum atomic E-state index is -0.729. The summed E-state index contributed by atoms with van der Waals surface area (Å²) in [5.74, 6) is -1.55. The molecule has 0 bridgehead atoms. The molecule has 0 unspecified atom stereocenters. The van der Waals surface area contributed by atoms with Crippen LogP contribution in [0.4, 0.5) is 4.39 Å². The number of hydrogen-bond donors (Lipinski definition) is 2. The summed E-state index contributed by atoms with van der Waals surface area (Å²) >= 11 is 0. The Morgan fingerprint density at radius 1 is 1.44 bits per heavy atom. The third kappa shape index (κ3) is 3.53. The molecule has 0 saturated heterocycles. The monoisotopic (exact) mass is 225 g/mol. The second-order valence-corrected chi connectivity index (χ2v) is 4.91. The lowest BCUT2D eigenvalue weighted by molar-refractivity contribution is 0.0939. The maximum atomic E-state index is 12.8. The maximum Gasteiger partial charge on any atom is 0.251 e. The first-order valence-corrected chi connectivity index (χ1v) is 5.06. The zero-order valence-corrected chi connectivity index (χ0v) is 9.67. The van der Waals surface area contributed by atoms with Gasteiger partial charge in [-0.3, -0.25) is 4.79 Å². The van der Waals surface area contributed by atoms with Gasteiger partial charge in [-0.1, -0.05) is 20.8 Å². The lowest BCUT2D eigenvalue weighted by atomic mass is 9.97. The summed E-state index contributed by atoms with van der Waals surface area (Å²) in [6.07, 6.45) is 0. The number of hydrogen-bond acceptors (Lipinski definition) is 2. The Morgan fingerprint density at radius 2 is 2.06 bits per heavy atom. The van der Waals surface area contributed by atoms with Gasteiger partial charge in [0, 0.05) is 12.1 Å². The minimum Gasteiger partial charge on any atom is -0.505 e. The van der Waals surface area contributed by atoms with E-state index in [-0.39, 0.29) is 16.9 Å². The van der Waals surface area contributed by atoms with E-state index in [2.05, 4.69) is 5.32 Å². The highest BCUT2D eigenvalue weighted by Crippen LogP contribution is 2.17. The highest BCUT2D eigenvalue weighted by Gasteiger charge is 2.14. The second-order valence-electron chi connectivity index (χ2n) is 4.91. The Morgan fingerprint density at radius 3 is 2.56 bits per heavy atom. The molecule has 1 aromatic carbocycles. The number of carbonyl (C=O) groups is 1. The fourth-order valence-corrected chi connectivity index (χ4v) is 1.10. The molecule has 0 aromatic heterocycles. The van der Waals surface area contributed by atoms with Gasteiger partial charge in [-0.05, 0) is 23.6 Å². The maximum absolute atomic E-state index is 12.8. The Hall–Kier alpha value is -1.58. The molecule has 1 aromatic rings. The van der Waals surface area contributed by atoms with Crippen LogP contribution in [-0.4, -0.2) is 17.6 Å². The van der Waals surface area contributed by atoms with Crippen molar-refractivity contribution >= 4 is 5.91 Å². The van der Waals surface area contributed by atoms with Gasteiger partial charge in [-0.2, -0.15) is 0 Å². The van der Waals surface area contributed by atoms with Crippen molar-refractivity contribution in [1.82, 2.24) is 5.32 Å². The fraction of sp³-hybridized carbons (Fsp3) is 0.417. The summed E-state index contributed by atoms with van der Waals surface area (Å²) in [7, 11) is 0. The van der Waals surface area contributed by atoms with Gasteiger partial charge in [0.25, 0.3) is 5.91 Å². The number of benzene rings is 1. The molecule has 0 radical (unpaired) electrons. The van der Waals surface area contributed by atoms with Crippen LogP contribution in [0.25, 0.3) is 0 Å². The molecule has 1 amide bonds. The third-order valence-electron chi connectivity index (χ3n) is 1.99. The number of phenolic OH excluding ortho intramolecular Hbond substituents is 1. The van der Waals surface area contributed by atoms with Gasteiger partial charge in [0.15, 0.2) is 11.6 Å². The SMILES string of the molecule is CC(C)(C)CNC(=O)c1ccc(F)c(O)c1. The highest BCUT2D eigenvalue weighted by molar-refractivity contribution is 5.94. The summed E-state index contributed by atoms with van der Waals surface area (Å²) in [5, 5.41) is 11.8. The molecule has 0 aliphatic heterocycles. The van der Waals surface area contributed by atoms with E-state index in [4.69, 9.17) is 5.11 Å². The fourth-order valence-electron chi connectivity index (χ4n) is 1.10. The van der Waals surface area contributed by atoms with Gasteiger partial charge < -0.3 is 10.4 Å². The van der Waals surface area contributed by atoms with Crippen LogP contribution >= 0.6 is 0 Å². The van der Waals surface area contributed by atoms with Crippen LogP contribution in [0.1, 0.15) is 31.1 Å². The van der Waals surface area contributed by atoms with E-state index in [0.717, 1.165) is 12.1 Å². The smallest absolute Gasteiger partial charge is 0.251 e. The van der Waals surface area contributed by atoms with Crippen molar-refractivity contribution in [1.29, 1.82) is 0 Å². The first kappa shape index (κ1) is 12.5. The van der Waals surface area contributed by atoms with E-state index < -0.39 is 11.6 Å². The molecular weight excluding hydrogens is 209 g/mol. The van der Waals surface area contributed by atoms with Gasteiger partial charge in [-0.25, -0.2) is 4.39 Å². The lowest BCUT2D eigenvalue weighted by Crippen LogP contribution is -2.32. The van der Waals surface area contributed by atoms with Crippen LogP contribution in [0.3, 0.4) is 0 Å². The summed E-state index contributed by atoms with van der Waals surface area (Å²) in [5.41, 5.74) is 0.237. The number of nitrogens with one attached hydrogen (secondary N) is 1. The first-order valence-electron chi connectivity index (χ1n) is 5.06. The molecule has 0 fully saturated rings. The number of aromatic hydroxyl groups is 1. The third-order valence-corrected chi connectivity index (χ3v) is 1.99. The van der Waals surface area contributed by atoms with Crippen molar-refractivity contribution in [2.24, 2.45) is 5.41 Å². The van der Waals surface area contributed by atoms with Gasteiger partial charge in [0.1, 0.15) is 0 Å². The Labute approximate surface area is 94.3 Å². The summed E-state index contributed by atoms with van der Waals surface area (Å²) in [4.78, 5) is 11.6. The Kier molecular flexibility index (Phi) is 3.52. The lowest BCUT2D eigenvalue weighted by Gasteiger charge is -2.18. The number of halogens is 1. The zero-order chi connectivity index (χ0) is 12.3. The van der Waals surface area contributed by atoms with E-state index in [1.807, 2.05) is 20.8 Å². The van der Waals surface area contributed by atoms with Crippen LogP contribution in [0.2, 0.25) is 0 Å². The van der Waals surface area contributed by atoms with Crippen LogP contribution < -0.4 is 5.32 Å². The van der Waals surface area contributed by atoms with Crippen molar-refractivity contribution in [2.45, 2.75) is 20.8 Å². The average molecular weight is 225 g/mol. The first-order chi connectivity index (χ1) is 7.29. The highest BCUT2D eigenvalue weighted by atomic mass is 19.1. The Balaban J connectivity index is 2.70. The molecule has 0 aliphatic carbocycles. The molecule has 88 valence electrons. The van der Waals surface area contributed by atoms with E-state index in [1.165, 1.54) is 6.07 Å². The number of rotatable bonds is 2. The number of phenols is 1. The number of amides is 1. The zero-order valence-electron chi connectivity index (χ0n) is 9.67. The summed E-state index contributed by atoms with van der Waals surface area (Å²) < 4.78 is 12.8. The summed E-state index contributed by atoms with van der Waals surface area (Å²) in [6.45, 7) is 6.50. The summed E-state index contributed by atoms with van der Waals surface area (Å²) in [6, 6.07) is 3.53. The number of carbonyl (C=O) groups excluding carboxylic acids is 1. The molecule has 0 spiro atoms. The molecule has 16 heavy (non-hydrogen) atoms. The largest absolute Gasteiger partial charge is 0.505 e. The molecule has 0 aliphatic rings. The van der Waals surface area contributed by atoms with E-state index in [9.17, 15) is 9.18 Å². The van der Waals surface area contributed by atoms with E-state index >= 15 is 0 Å². The quantitative estimate of drug-likeness (QED) is 0.811. The van der Waals surface area contributed by atoms with Gasteiger partial charge >= 0.3 is 0 Å². The molecule has 3 nitrogen and oxygen atoms in total. The van der Waals surface area contributed by atoms with E-state index in [0.29, 0.717) is 6.54 Å². The van der Waals surface area contributed by atoms with Crippen molar-refractivity contribution in [3.8, 4) is 5.75 Å². The van der Waals surface area contributed by atoms with Crippen molar-refractivity contribution < 1.29 is 14.3 Å². The van der Waals surface area contributed by atoms with E-state index in [1.54, 1.807) is 0 Å². The predicted octanol–water partition coefficient (Wildman–Crippen LogP) is 2.31. The van der Waals surface area contributed by atoms with Crippen LogP contribution in [0, 0.1) is 11.2 Å². The second kappa shape index (κ2) is 4.51. The van der Waals surface area contributed by atoms with Crippen molar-refractivity contribution in [3.63, 3.8) is 0 Å². The van der Waals surface area contributed by atoms with Crippen LogP contribution in [0.15, 0.2) is 18.2 Å². The normalized spacial score (nSPS) is 11.2. The van der Waals surface area contributed by atoms with Crippen LogP contribution in [0.5, 0.6) is 5.75 Å². The molecule has 0 saturated carbocycles.